The fourth-order valence-electron chi connectivity index (χ4n) is 1.14. The van der Waals surface area contributed by atoms with Gasteiger partial charge in [-0.25, -0.2) is 4.98 Å². The van der Waals surface area contributed by atoms with Gasteiger partial charge >= 0.3 is 0 Å². The number of ether oxygens (including phenoxy) is 1. The quantitative estimate of drug-likeness (QED) is 0.829. The molecular weight excluding hydrogens is 244 g/mol. The molecule has 0 unspecified atom stereocenters. The van der Waals surface area contributed by atoms with Gasteiger partial charge in [0.25, 0.3) is 0 Å². The molecule has 1 rings (SSSR count). The van der Waals surface area contributed by atoms with E-state index in [0.717, 1.165) is 22.4 Å². The van der Waals surface area contributed by atoms with Crippen molar-refractivity contribution in [3.05, 3.63) is 22.3 Å². The van der Waals surface area contributed by atoms with E-state index >= 15 is 0 Å². The van der Waals surface area contributed by atoms with Gasteiger partial charge in [0.2, 0.25) is 0 Å². The van der Waals surface area contributed by atoms with Crippen molar-refractivity contribution < 1.29 is 4.74 Å². The molecule has 78 valence electrons. The van der Waals surface area contributed by atoms with Gasteiger partial charge in [-0.3, -0.25) is 0 Å². The van der Waals surface area contributed by atoms with Gasteiger partial charge in [0.15, 0.2) is 0 Å². The van der Waals surface area contributed by atoms with E-state index in [4.69, 9.17) is 4.74 Å². The molecule has 1 aromatic heterocycles. The van der Waals surface area contributed by atoms with Gasteiger partial charge in [-0.2, -0.15) is 0 Å². The molecule has 4 heteroatoms. The summed E-state index contributed by atoms with van der Waals surface area (Å²) in [5.74, 6) is 0.952. The molecule has 3 nitrogen and oxygen atoms in total. The number of aromatic nitrogens is 1. The van der Waals surface area contributed by atoms with Crippen LogP contribution >= 0.6 is 15.9 Å². The van der Waals surface area contributed by atoms with E-state index in [0.29, 0.717) is 6.61 Å². The fraction of sp³-hybridized carbons (Fsp3) is 0.500. The highest BCUT2D eigenvalue weighted by atomic mass is 79.9. The van der Waals surface area contributed by atoms with Gasteiger partial charge < -0.3 is 9.64 Å². The lowest BCUT2D eigenvalue weighted by Crippen LogP contribution is -2.23. The molecule has 0 spiro atoms. The minimum atomic E-state index is 0.707. The summed E-state index contributed by atoms with van der Waals surface area (Å²) in [4.78, 5) is 6.42. The topological polar surface area (TPSA) is 25.4 Å². The zero-order valence-corrected chi connectivity index (χ0v) is 10.3. The first-order chi connectivity index (χ1) is 6.65. The lowest BCUT2D eigenvalue weighted by atomic mass is 10.3. The van der Waals surface area contributed by atoms with E-state index < -0.39 is 0 Å². The third kappa shape index (κ3) is 2.96. The summed E-state index contributed by atoms with van der Waals surface area (Å²) in [5.41, 5.74) is 1.15. The predicted molar refractivity (Wildman–Crippen MR) is 61.8 cm³/mol. The molecule has 0 aromatic carbocycles. The smallest absolute Gasteiger partial charge is 0.142 e. The minimum absolute atomic E-state index is 0.707. The molecule has 1 aromatic rings. The Kier molecular flexibility index (Phi) is 4.35. The highest BCUT2D eigenvalue weighted by Crippen LogP contribution is 2.23. The average Bonchev–Trinajstić information content (AvgIpc) is 2.14. The molecule has 0 fully saturated rings. The maximum Gasteiger partial charge on any atom is 0.142 e. The predicted octanol–water partition coefficient (Wildman–Crippen LogP) is 2.24. The molecule has 0 atom stereocenters. The summed E-state index contributed by atoms with van der Waals surface area (Å²) < 4.78 is 6.04. The zero-order valence-electron chi connectivity index (χ0n) is 8.75. The van der Waals surface area contributed by atoms with Gasteiger partial charge in [-0.05, 0) is 34.5 Å². The Hall–Kier alpha value is -0.610. The van der Waals surface area contributed by atoms with E-state index in [1.807, 2.05) is 20.2 Å². The first kappa shape index (κ1) is 11.5. The Labute approximate surface area is 93.2 Å². The Morgan fingerprint density at radius 1 is 1.57 bits per heavy atom. The van der Waals surface area contributed by atoms with Crippen LogP contribution in [0.2, 0.25) is 0 Å². The number of methoxy groups -OCH3 is 1. The van der Waals surface area contributed by atoms with Crippen LogP contribution < -0.4 is 4.90 Å². The molecule has 0 saturated carbocycles. The summed E-state index contributed by atoms with van der Waals surface area (Å²) >= 11 is 3.49. The molecular formula is C10H15BrN2O. The molecule has 0 aliphatic rings. The van der Waals surface area contributed by atoms with Gasteiger partial charge in [0.1, 0.15) is 5.82 Å². The first-order valence-electron chi connectivity index (χ1n) is 4.47. The van der Waals surface area contributed by atoms with Crippen molar-refractivity contribution in [2.45, 2.75) is 6.92 Å². The van der Waals surface area contributed by atoms with Crippen LogP contribution in [0.5, 0.6) is 0 Å². The number of aryl methyl sites for hydroxylation is 1. The van der Waals surface area contributed by atoms with Gasteiger partial charge in [0, 0.05) is 26.9 Å². The third-order valence-electron chi connectivity index (χ3n) is 1.95. The van der Waals surface area contributed by atoms with Gasteiger partial charge in [0.05, 0.1) is 11.1 Å². The summed E-state index contributed by atoms with van der Waals surface area (Å²) in [5, 5.41) is 0. The van der Waals surface area contributed by atoms with Gasteiger partial charge in [-0.1, -0.05) is 0 Å². The molecule has 0 amide bonds. The highest BCUT2D eigenvalue weighted by molar-refractivity contribution is 9.10. The van der Waals surface area contributed by atoms with Crippen molar-refractivity contribution in [2.75, 3.05) is 32.2 Å². The van der Waals surface area contributed by atoms with Crippen LogP contribution in [-0.4, -0.2) is 32.3 Å². The van der Waals surface area contributed by atoms with Crippen molar-refractivity contribution in [2.24, 2.45) is 0 Å². The molecule has 0 N–H and O–H groups in total. The number of rotatable bonds is 4. The number of halogens is 1. The molecule has 0 aliphatic heterocycles. The van der Waals surface area contributed by atoms with Crippen LogP contribution in [0.4, 0.5) is 5.82 Å². The Balaban J connectivity index is 2.74. The number of hydrogen-bond donors (Lipinski definition) is 0. The number of nitrogens with zero attached hydrogens (tertiary/aromatic N) is 2. The molecule has 14 heavy (non-hydrogen) atoms. The maximum absolute atomic E-state index is 5.01. The Bertz CT molecular complexity index is 304. The van der Waals surface area contributed by atoms with Crippen LogP contribution in [0.1, 0.15) is 5.56 Å². The van der Waals surface area contributed by atoms with Crippen molar-refractivity contribution in [3.63, 3.8) is 0 Å². The second-order valence-electron chi connectivity index (χ2n) is 3.23. The summed E-state index contributed by atoms with van der Waals surface area (Å²) in [6.07, 6.45) is 1.86. The van der Waals surface area contributed by atoms with Crippen LogP contribution in [-0.2, 0) is 4.74 Å². The van der Waals surface area contributed by atoms with E-state index in [9.17, 15) is 0 Å². The molecule has 0 saturated heterocycles. The number of likely N-dealkylation sites (N-methyl/N-ethyl adjacent to an activating group) is 1. The Morgan fingerprint density at radius 2 is 2.29 bits per heavy atom. The first-order valence-corrected chi connectivity index (χ1v) is 5.26. The minimum Gasteiger partial charge on any atom is -0.383 e. The zero-order chi connectivity index (χ0) is 10.6. The van der Waals surface area contributed by atoms with Gasteiger partial charge in [-0.15, -0.1) is 0 Å². The van der Waals surface area contributed by atoms with E-state index in [-0.39, 0.29) is 0 Å². The summed E-state index contributed by atoms with van der Waals surface area (Å²) in [6.45, 7) is 3.57. The lowest BCUT2D eigenvalue weighted by Gasteiger charge is -2.18. The third-order valence-corrected chi connectivity index (χ3v) is 2.53. The van der Waals surface area contributed by atoms with Crippen molar-refractivity contribution in [1.29, 1.82) is 0 Å². The molecule has 0 radical (unpaired) electrons. The summed E-state index contributed by atoms with van der Waals surface area (Å²) in [7, 11) is 3.70. The van der Waals surface area contributed by atoms with Crippen LogP contribution in [0, 0.1) is 6.92 Å². The van der Waals surface area contributed by atoms with Crippen molar-refractivity contribution >= 4 is 21.7 Å². The lowest BCUT2D eigenvalue weighted by molar-refractivity contribution is 0.206. The van der Waals surface area contributed by atoms with E-state index in [1.54, 1.807) is 7.11 Å². The van der Waals surface area contributed by atoms with E-state index in [1.165, 1.54) is 0 Å². The summed E-state index contributed by atoms with van der Waals surface area (Å²) in [6, 6.07) is 2.06. The molecule has 0 bridgehead atoms. The molecule has 0 aliphatic carbocycles. The number of anilines is 1. The SMILES string of the molecule is COCCN(C)c1ncc(C)cc1Br. The second kappa shape index (κ2) is 5.32. The maximum atomic E-state index is 5.01. The van der Waals surface area contributed by atoms with Crippen molar-refractivity contribution in [1.82, 2.24) is 4.98 Å². The second-order valence-corrected chi connectivity index (χ2v) is 4.09. The normalized spacial score (nSPS) is 10.3. The fourth-order valence-corrected chi connectivity index (χ4v) is 1.91. The Morgan fingerprint density at radius 3 is 2.86 bits per heavy atom. The molecule has 1 heterocycles. The average molecular weight is 259 g/mol. The van der Waals surface area contributed by atoms with Crippen LogP contribution in [0.15, 0.2) is 16.7 Å². The number of hydrogen-bond acceptors (Lipinski definition) is 3. The van der Waals surface area contributed by atoms with Crippen LogP contribution in [0.3, 0.4) is 0 Å². The van der Waals surface area contributed by atoms with Crippen LogP contribution in [0.25, 0.3) is 0 Å². The highest BCUT2D eigenvalue weighted by Gasteiger charge is 2.06. The van der Waals surface area contributed by atoms with E-state index in [2.05, 4.69) is 31.9 Å². The standard InChI is InChI=1S/C10H15BrN2O/c1-8-6-9(11)10(12-7-8)13(2)4-5-14-3/h6-7H,4-5H2,1-3H3. The number of pyridine rings is 1. The van der Waals surface area contributed by atoms with Crippen molar-refractivity contribution in [3.8, 4) is 0 Å². The monoisotopic (exact) mass is 258 g/mol. The largest absolute Gasteiger partial charge is 0.383 e.